The quantitative estimate of drug-likeness (QED) is 0.511. The summed E-state index contributed by atoms with van der Waals surface area (Å²) in [6.45, 7) is 0.608. The zero-order valence-corrected chi connectivity index (χ0v) is 16.9. The Kier molecular flexibility index (Phi) is 5.63. The van der Waals surface area contributed by atoms with E-state index in [-0.39, 0.29) is 11.9 Å². The van der Waals surface area contributed by atoms with Crippen LogP contribution < -0.4 is 5.32 Å². The van der Waals surface area contributed by atoms with Gasteiger partial charge < -0.3 is 14.6 Å². The molecule has 0 aliphatic rings. The second kappa shape index (κ2) is 8.50. The number of fused-ring (bicyclic) bond motifs is 3. The summed E-state index contributed by atoms with van der Waals surface area (Å²) in [4.78, 5) is 14.9. The van der Waals surface area contributed by atoms with Gasteiger partial charge in [-0.15, -0.1) is 0 Å². The number of carbonyl (C=O) groups excluding carboxylic acids is 1. The van der Waals surface area contributed by atoms with Gasteiger partial charge in [0, 0.05) is 23.5 Å². The highest BCUT2D eigenvalue weighted by atomic mass is 16.3. The lowest BCUT2D eigenvalue weighted by Gasteiger charge is -2.24. The van der Waals surface area contributed by atoms with Crippen molar-refractivity contribution in [1.29, 1.82) is 0 Å². The zero-order chi connectivity index (χ0) is 20.2. The molecule has 29 heavy (non-hydrogen) atoms. The largest absolute Gasteiger partial charge is 0.464 e. The maximum atomic E-state index is 12.7. The molecule has 0 radical (unpaired) electrons. The molecule has 4 rings (SSSR count). The molecule has 0 spiro atoms. The lowest BCUT2D eigenvalue weighted by molar-refractivity contribution is -0.120. The first-order valence-corrected chi connectivity index (χ1v) is 9.96. The predicted molar refractivity (Wildman–Crippen MR) is 118 cm³/mol. The standard InChI is InChI=1S/C25H26N2O2/c1-27(2)21(14-18-8-4-3-5-9-18)16-26-24(28)15-20-17-29-23-13-12-19-10-6-7-11-22(19)25(20)23/h3-13,17,21H,14-16H2,1-2H3,(H,26,28)/t21-/m0/s1. The topological polar surface area (TPSA) is 45.5 Å². The number of likely N-dealkylation sites (N-methyl/N-ethyl adjacent to an activating group) is 1. The highest BCUT2D eigenvalue weighted by molar-refractivity contribution is 6.08. The third-order valence-electron chi connectivity index (χ3n) is 5.47. The first kappa shape index (κ1) is 19.2. The van der Waals surface area contributed by atoms with Crippen LogP contribution in [0.15, 0.2) is 77.4 Å². The maximum Gasteiger partial charge on any atom is 0.224 e. The number of hydrogen-bond donors (Lipinski definition) is 1. The van der Waals surface area contributed by atoms with Crippen LogP contribution in [0.3, 0.4) is 0 Å². The van der Waals surface area contributed by atoms with Gasteiger partial charge in [0.2, 0.25) is 5.91 Å². The predicted octanol–water partition coefficient (Wildman–Crippen LogP) is 4.42. The molecule has 4 heteroatoms. The Balaban J connectivity index is 1.46. The van der Waals surface area contributed by atoms with Crippen molar-refractivity contribution in [2.75, 3.05) is 20.6 Å². The molecule has 148 valence electrons. The number of hydrogen-bond acceptors (Lipinski definition) is 3. The molecule has 1 atom stereocenters. The number of nitrogens with zero attached hydrogens (tertiary/aromatic N) is 1. The van der Waals surface area contributed by atoms with Crippen molar-refractivity contribution in [3.05, 3.63) is 84.1 Å². The molecule has 0 aliphatic carbocycles. The van der Waals surface area contributed by atoms with Gasteiger partial charge in [-0.05, 0) is 42.9 Å². The zero-order valence-electron chi connectivity index (χ0n) is 16.9. The van der Waals surface area contributed by atoms with E-state index in [9.17, 15) is 4.79 Å². The number of nitrogens with one attached hydrogen (secondary N) is 1. The Labute approximate surface area is 171 Å². The van der Waals surface area contributed by atoms with E-state index in [1.165, 1.54) is 5.56 Å². The van der Waals surface area contributed by atoms with Crippen LogP contribution in [0.2, 0.25) is 0 Å². The minimum absolute atomic E-state index is 0.0144. The summed E-state index contributed by atoms with van der Waals surface area (Å²) in [5.74, 6) is 0.0144. The Morgan fingerprint density at radius 2 is 1.76 bits per heavy atom. The molecule has 4 nitrogen and oxygen atoms in total. The lowest BCUT2D eigenvalue weighted by Crippen LogP contribution is -2.42. The molecule has 0 bridgehead atoms. The molecule has 1 aromatic heterocycles. The van der Waals surface area contributed by atoms with Gasteiger partial charge in [-0.3, -0.25) is 4.79 Å². The highest BCUT2D eigenvalue weighted by Crippen LogP contribution is 2.30. The summed E-state index contributed by atoms with van der Waals surface area (Å²) in [7, 11) is 4.10. The molecule has 0 saturated carbocycles. The molecular weight excluding hydrogens is 360 g/mol. The van der Waals surface area contributed by atoms with Gasteiger partial charge in [-0.1, -0.05) is 60.7 Å². The van der Waals surface area contributed by atoms with Crippen LogP contribution >= 0.6 is 0 Å². The fourth-order valence-corrected chi connectivity index (χ4v) is 3.80. The van der Waals surface area contributed by atoms with Gasteiger partial charge in [-0.25, -0.2) is 0 Å². The summed E-state index contributed by atoms with van der Waals surface area (Å²) in [5, 5.41) is 6.42. The molecular formula is C25H26N2O2. The van der Waals surface area contributed by atoms with Crippen molar-refractivity contribution >= 4 is 27.6 Å². The fourth-order valence-electron chi connectivity index (χ4n) is 3.80. The van der Waals surface area contributed by atoms with Gasteiger partial charge >= 0.3 is 0 Å². The van der Waals surface area contributed by atoms with Crippen molar-refractivity contribution in [3.63, 3.8) is 0 Å². The van der Waals surface area contributed by atoms with Crippen LogP contribution in [0.25, 0.3) is 21.7 Å². The Bertz CT molecular complexity index is 1120. The van der Waals surface area contributed by atoms with Gasteiger partial charge in [0.25, 0.3) is 0 Å². The average molecular weight is 386 g/mol. The average Bonchev–Trinajstić information content (AvgIpc) is 3.15. The molecule has 0 unspecified atom stereocenters. The maximum absolute atomic E-state index is 12.7. The van der Waals surface area contributed by atoms with Crippen LogP contribution in [-0.2, 0) is 17.6 Å². The van der Waals surface area contributed by atoms with E-state index in [1.54, 1.807) is 6.26 Å². The monoisotopic (exact) mass is 386 g/mol. The molecule has 0 aliphatic heterocycles. The molecule has 3 aromatic carbocycles. The Morgan fingerprint density at radius 3 is 2.55 bits per heavy atom. The SMILES string of the molecule is CN(C)[C@H](CNC(=O)Cc1coc2ccc3ccccc3c12)Cc1ccccc1. The summed E-state index contributed by atoms with van der Waals surface area (Å²) in [5.41, 5.74) is 3.02. The third-order valence-corrected chi connectivity index (χ3v) is 5.47. The summed E-state index contributed by atoms with van der Waals surface area (Å²) < 4.78 is 5.71. The van der Waals surface area contributed by atoms with Crippen LogP contribution in [0.4, 0.5) is 0 Å². The fraction of sp³-hybridized carbons (Fsp3) is 0.240. The lowest BCUT2D eigenvalue weighted by atomic mass is 10.0. The van der Waals surface area contributed by atoms with E-state index in [4.69, 9.17) is 4.42 Å². The second-order valence-electron chi connectivity index (χ2n) is 7.71. The summed E-state index contributed by atoms with van der Waals surface area (Å²) in [6.07, 6.45) is 2.92. The molecule has 0 fully saturated rings. The minimum Gasteiger partial charge on any atom is -0.464 e. The van der Waals surface area contributed by atoms with E-state index in [0.29, 0.717) is 13.0 Å². The van der Waals surface area contributed by atoms with Crippen molar-refractivity contribution < 1.29 is 9.21 Å². The number of carbonyl (C=O) groups is 1. The minimum atomic E-state index is 0.0144. The molecule has 1 N–H and O–H groups in total. The van der Waals surface area contributed by atoms with Crippen LogP contribution in [0, 0.1) is 0 Å². The van der Waals surface area contributed by atoms with Gasteiger partial charge in [0.15, 0.2) is 0 Å². The molecule has 1 heterocycles. The van der Waals surface area contributed by atoms with E-state index in [1.807, 2.05) is 24.3 Å². The van der Waals surface area contributed by atoms with E-state index in [0.717, 1.165) is 33.7 Å². The van der Waals surface area contributed by atoms with E-state index < -0.39 is 0 Å². The van der Waals surface area contributed by atoms with Gasteiger partial charge in [0.05, 0.1) is 12.7 Å². The first-order valence-electron chi connectivity index (χ1n) is 9.96. The molecule has 1 amide bonds. The van der Waals surface area contributed by atoms with Crippen LogP contribution in [0.5, 0.6) is 0 Å². The number of benzene rings is 3. The van der Waals surface area contributed by atoms with E-state index in [2.05, 4.69) is 66.8 Å². The Hall–Kier alpha value is -3.11. The first-order chi connectivity index (χ1) is 14.1. The van der Waals surface area contributed by atoms with Crippen molar-refractivity contribution in [2.24, 2.45) is 0 Å². The van der Waals surface area contributed by atoms with Gasteiger partial charge in [0.1, 0.15) is 5.58 Å². The highest BCUT2D eigenvalue weighted by Gasteiger charge is 2.16. The van der Waals surface area contributed by atoms with Crippen LogP contribution in [0.1, 0.15) is 11.1 Å². The van der Waals surface area contributed by atoms with Crippen LogP contribution in [-0.4, -0.2) is 37.5 Å². The number of amides is 1. The molecule has 0 saturated heterocycles. The van der Waals surface area contributed by atoms with Crippen molar-refractivity contribution in [1.82, 2.24) is 10.2 Å². The third kappa shape index (κ3) is 4.33. The molecule has 4 aromatic rings. The number of furan rings is 1. The smallest absolute Gasteiger partial charge is 0.224 e. The van der Waals surface area contributed by atoms with Gasteiger partial charge in [-0.2, -0.15) is 0 Å². The second-order valence-corrected chi connectivity index (χ2v) is 7.71. The van der Waals surface area contributed by atoms with Crippen molar-refractivity contribution in [3.8, 4) is 0 Å². The number of rotatable bonds is 7. The van der Waals surface area contributed by atoms with E-state index >= 15 is 0 Å². The normalized spacial score (nSPS) is 12.5. The summed E-state index contributed by atoms with van der Waals surface area (Å²) in [6, 6.07) is 22.8. The Morgan fingerprint density at radius 1 is 1.00 bits per heavy atom. The summed E-state index contributed by atoms with van der Waals surface area (Å²) >= 11 is 0. The van der Waals surface area contributed by atoms with Crippen molar-refractivity contribution in [2.45, 2.75) is 18.9 Å².